The summed E-state index contributed by atoms with van der Waals surface area (Å²) < 4.78 is 41.5. The van der Waals surface area contributed by atoms with E-state index in [0.717, 1.165) is 5.56 Å². The molecular weight excluding hydrogens is 305 g/mol. The second kappa shape index (κ2) is 6.36. The molecule has 0 aromatic heterocycles. The van der Waals surface area contributed by atoms with E-state index < -0.39 is 9.84 Å². The molecule has 2 aromatic carbocycles. The van der Waals surface area contributed by atoms with Gasteiger partial charge in [-0.05, 0) is 36.8 Å². The standard InChI is InChI=1S/C16H18FNO3S/c1-11(12-4-7-14(8-5-12)22(3,19)20)18-15-10-13(17)6-9-16(15)21-2/h4-11,18H,1-3H3. The summed E-state index contributed by atoms with van der Waals surface area (Å²) in [6, 6.07) is 10.7. The third-order valence-corrected chi connectivity index (χ3v) is 4.47. The molecule has 6 heteroatoms. The fourth-order valence-corrected chi connectivity index (χ4v) is 2.74. The zero-order valence-electron chi connectivity index (χ0n) is 12.6. The molecule has 0 heterocycles. The van der Waals surface area contributed by atoms with E-state index in [1.165, 1.54) is 25.5 Å². The second-order valence-electron chi connectivity index (χ2n) is 5.05. The first kappa shape index (κ1) is 16.3. The maximum atomic E-state index is 13.4. The number of rotatable bonds is 5. The van der Waals surface area contributed by atoms with Crippen molar-refractivity contribution in [3.8, 4) is 5.75 Å². The van der Waals surface area contributed by atoms with Gasteiger partial charge in [-0.25, -0.2) is 12.8 Å². The third-order valence-electron chi connectivity index (χ3n) is 3.34. The van der Waals surface area contributed by atoms with Gasteiger partial charge in [0.05, 0.1) is 17.7 Å². The molecule has 2 aromatic rings. The summed E-state index contributed by atoms with van der Waals surface area (Å²) in [5.41, 5.74) is 1.43. The number of methoxy groups -OCH3 is 1. The fourth-order valence-electron chi connectivity index (χ4n) is 2.11. The smallest absolute Gasteiger partial charge is 0.175 e. The number of anilines is 1. The number of hydrogen-bond acceptors (Lipinski definition) is 4. The lowest BCUT2D eigenvalue weighted by atomic mass is 10.1. The van der Waals surface area contributed by atoms with Crippen molar-refractivity contribution in [1.29, 1.82) is 0 Å². The summed E-state index contributed by atoms with van der Waals surface area (Å²) in [7, 11) is -1.69. The molecule has 118 valence electrons. The zero-order valence-corrected chi connectivity index (χ0v) is 13.4. The van der Waals surface area contributed by atoms with Gasteiger partial charge in [0, 0.05) is 18.4 Å². The number of halogens is 1. The van der Waals surface area contributed by atoms with Crippen LogP contribution in [0.4, 0.5) is 10.1 Å². The quantitative estimate of drug-likeness (QED) is 0.916. The van der Waals surface area contributed by atoms with Crippen LogP contribution in [-0.2, 0) is 9.84 Å². The van der Waals surface area contributed by atoms with Crippen molar-refractivity contribution in [2.75, 3.05) is 18.7 Å². The molecular formula is C16H18FNO3S. The van der Waals surface area contributed by atoms with Crippen molar-refractivity contribution in [2.45, 2.75) is 17.9 Å². The van der Waals surface area contributed by atoms with Crippen LogP contribution in [0.3, 0.4) is 0 Å². The minimum atomic E-state index is -3.21. The molecule has 2 rings (SSSR count). The van der Waals surface area contributed by atoms with E-state index in [1.54, 1.807) is 30.3 Å². The maximum Gasteiger partial charge on any atom is 0.175 e. The molecule has 0 saturated carbocycles. The van der Waals surface area contributed by atoms with Gasteiger partial charge in [0.1, 0.15) is 11.6 Å². The van der Waals surface area contributed by atoms with Crippen LogP contribution in [0, 0.1) is 5.82 Å². The van der Waals surface area contributed by atoms with Gasteiger partial charge in [-0.2, -0.15) is 0 Å². The summed E-state index contributed by atoms with van der Waals surface area (Å²) in [6.07, 6.45) is 1.17. The highest BCUT2D eigenvalue weighted by molar-refractivity contribution is 7.90. The van der Waals surface area contributed by atoms with E-state index in [2.05, 4.69) is 5.32 Å². The lowest BCUT2D eigenvalue weighted by Crippen LogP contribution is -2.08. The summed E-state index contributed by atoms with van der Waals surface area (Å²) >= 11 is 0. The highest BCUT2D eigenvalue weighted by atomic mass is 32.2. The van der Waals surface area contributed by atoms with Crippen molar-refractivity contribution >= 4 is 15.5 Å². The van der Waals surface area contributed by atoms with Gasteiger partial charge >= 0.3 is 0 Å². The number of sulfone groups is 1. The van der Waals surface area contributed by atoms with Crippen LogP contribution in [0.15, 0.2) is 47.4 Å². The van der Waals surface area contributed by atoms with Crippen molar-refractivity contribution in [3.63, 3.8) is 0 Å². The lowest BCUT2D eigenvalue weighted by molar-refractivity contribution is 0.415. The Balaban J connectivity index is 2.22. The van der Waals surface area contributed by atoms with E-state index in [-0.39, 0.29) is 16.8 Å². The van der Waals surface area contributed by atoms with Gasteiger partial charge < -0.3 is 10.1 Å². The zero-order chi connectivity index (χ0) is 16.3. The minimum absolute atomic E-state index is 0.135. The minimum Gasteiger partial charge on any atom is -0.495 e. The molecule has 0 amide bonds. The summed E-state index contributed by atoms with van der Waals surface area (Å²) in [4.78, 5) is 0.270. The van der Waals surface area contributed by atoms with E-state index in [0.29, 0.717) is 11.4 Å². The highest BCUT2D eigenvalue weighted by Crippen LogP contribution is 2.29. The van der Waals surface area contributed by atoms with Crippen molar-refractivity contribution in [3.05, 3.63) is 53.8 Å². The van der Waals surface area contributed by atoms with Gasteiger partial charge in [-0.15, -0.1) is 0 Å². The predicted octanol–water partition coefficient (Wildman–Crippen LogP) is 3.41. The molecule has 4 nitrogen and oxygen atoms in total. The molecule has 1 atom stereocenters. The Hall–Kier alpha value is -2.08. The van der Waals surface area contributed by atoms with Crippen LogP contribution < -0.4 is 10.1 Å². The molecule has 1 N–H and O–H groups in total. The highest BCUT2D eigenvalue weighted by Gasteiger charge is 2.12. The van der Waals surface area contributed by atoms with Crippen molar-refractivity contribution in [2.24, 2.45) is 0 Å². The van der Waals surface area contributed by atoms with Crippen molar-refractivity contribution in [1.82, 2.24) is 0 Å². The lowest BCUT2D eigenvalue weighted by Gasteiger charge is -2.18. The second-order valence-corrected chi connectivity index (χ2v) is 7.07. The normalized spacial score (nSPS) is 12.7. The van der Waals surface area contributed by atoms with Crippen LogP contribution in [-0.4, -0.2) is 21.8 Å². The molecule has 0 aliphatic rings. The van der Waals surface area contributed by atoms with Crippen LogP contribution in [0.2, 0.25) is 0 Å². The molecule has 0 saturated heterocycles. The third kappa shape index (κ3) is 3.76. The van der Waals surface area contributed by atoms with Gasteiger partial charge in [0.2, 0.25) is 0 Å². The SMILES string of the molecule is COc1ccc(F)cc1NC(C)c1ccc(S(C)(=O)=O)cc1. The van der Waals surface area contributed by atoms with E-state index in [9.17, 15) is 12.8 Å². The van der Waals surface area contributed by atoms with E-state index in [1.807, 2.05) is 6.92 Å². The molecule has 0 aliphatic heterocycles. The first-order valence-corrected chi connectivity index (χ1v) is 8.60. The van der Waals surface area contributed by atoms with Gasteiger partial charge in [-0.1, -0.05) is 12.1 Å². The topological polar surface area (TPSA) is 55.4 Å². The summed E-state index contributed by atoms with van der Waals surface area (Å²) in [5, 5.41) is 3.16. The monoisotopic (exact) mass is 323 g/mol. The Bertz CT molecular complexity index is 757. The fraction of sp³-hybridized carbons (Fsp3) is 0.250. The first-order chi connectivity index (χ1) is 10.3. The van der Waals surface area contributed by atoms with E-state index in [4.69, 9.17) is 4.74 Å². The van der Waals surface area contributed by atoms with Gasteiger partial charge in [0.15, 0.2) is 9.84 Å². The number of nitrogens with one attached hydrogen (secondary N) is 1. The van der Waals surface area contributed by atoms with E-state index >= 15 is 0 Å². The molecule has 0 radical (unpaired) electrons. The number of benzene rings is 2. The number of hydrogen-bond donors (Lipinski definition) is 1. The average molecular weight is 323 g/mol. The largest absolute Gasteiger partial charge is 0.495 e. The van der Waals surface area contributed by atoms with Crippen LogP contribution in [0.25, 0.3) is 0 Å². The maximum absolute atomic E-state index is 13.4. The Morgan fingerprint density at radius 1 is 1.14 bits per heavy atom. The van der Waals surface area contributed by atoms with Crippen molar-refractivity contribution < 1.29 is 17.5 Å². The average Bonchev–Trinajstić information content (AvgIpc) is 2.46. The Morgan fingerprint density at radius 2 is 1.77 bits per heavy atom. The molecule has 0 fully saturated rings. The van der Waals surface area contributed by atoms with Crippen LogP contribution in [0.5, 0.6) is 5.75 Å². The Morgan fingerprint density at radius 3 is 2.32 bits per heavy atom. The first-order valence-electron chi connectivity index (χ1n) is 6.71. The molecule has 0 aliphatic carbocycles. The number of ether oxygens (including phenoxy) is 1. The Kier molecular flexibility index (Phi) is 4.71. The molecule has 22 heavy (non-hydrogen) atoms. The molecule has 0 spiro atoms. The summed E-state index contributed by atoms with van der Waals surface area (Å²) in [6.45, 7) is 1.90. The van der Waals surface area contributed by atoms with Gasteiger partial charge in [0.25, 0.3) is 0 Å². The molecule has 1 unspecified atom stereocenters. The Labute approximate surface area is 129 Å². The predicted molar refractivity (Wildman–Crippen MR) is 84.5 cm³/mol. The molecule has 0 bridgehead atoms. The van der Waals surface area contributed by atoms with Gasteiger partial charge in [-0.3, -0.25) is 0 Å². The summed E-state index contributed by atoms with van der Waals surface area (Å²) in [5.74, 6) is 0.184. The van der Waals surface area contributed by atoms with Crippen LogP contribution in [0.1, 0.15) is 18.5 Å². The van der Waals surface area contributed by atoms with Crippen LogP contribution >= 0.6 is 0 Å².